The smallest absolute Gasteiger partial charge is 0.410 e. The number of nitrogens with zero attached hydrogens (tertiary/aromatic N) is 1. The van der Waals surface area contributed by atoms with Crippen molar-refractivity contribution in [3.05, 3.63) is 29.3 Å². The van der Waals surface area contributed by atoms with Crippen molar-refractivity contribution in [2.75, 3.05) is 11.9 Å². The number of benzene rings is 1. The Labute approximate surface area is 130 Å². The van der Waals surface area contributed by atoms with Gasteiger partial charge < -0.3 is 15.0 Å². The molecule has 0 radical (unpaired) electrons. The average Bonchev–Trinajstić information content (AvgIpc) is 3.00. The molecule has 1 atom stereocenters. The Balaban J connectivity index is 1.87. The zero-order chi connectivity index (χ0) is 15.9. The van der Waals surface area contributed by atoms with Gasteiger partial charge in [0.15, 0.2) is 0 Å². The molecule has 3 rings (SSSR count). The molecule has 5 heteroatoms. The van der Waals surface area contributed by atoms with Gasteiger partial charge in [-0.05, 0) is 50.8 Å². The van der Waals surface area contributed by atoms with Crippen LogP contribution in [0.15, 0.2) is 18.2 Å². The lowest BCUT2D eigenvalue weighted by Gasteiger charge is -2.29. The van der Waals surface area contributed by atoms with Crippen LogP contribution in [0.25, 0.3) is 0 Å². The van der Waals surface area contributed by atoms with Crippen LogP contribution >= 0.6 is 0 Å². The molecular formula is C17H22N2O3. The standard InChI is InChI=1S/C17H22N2O3/c1-17(2,3)22-16(21)19-9-5-8-14(19)11-6-4-7-13-12(11)10-15(20)18-13/h4,6-7,14H,5,8-10H2,1-3H3,(H,18,20). The van der Waals surface area contributed by atoms with E-state index in [1.165, 1.54) is 0 Å². The summed E-state index contributed by atoms with van der Waals surface area (Å²) in [5.41, 5.74) is 2.46. The first-order chi connectivity index (χ1) is 10.3. The lowest BCUT2D eigenvalue weighted by Crippen LogP contribution is -2.36. The van der Waals surface area contributed by atoms with Crippen molar-refractivity contribution in [3.8, 4) is 0 Å². The van der Waals surface area contributed by atoms with E-state index in [4.69, 9.17) is 4.74 Å². The molecule has 2 amide bonds. The number of fused-ring (bicyclic) bond motifs is 1. The van der Waals surface area contributed by atoms with Gasteiger partial charge in [-0.3, -0.25) is 4.79 Å². The Morgan fingerprint density at radius 2 is 2.14 bits per heavy atom. The van der Waals surface area contributed by atoms with Crippen LogP contribution in [0.5, 0.6) is 0 Å². The molecule has 0 saturated carbocycles. The van der Waals surface area contributed by atoms with Crippen LogP contribution in [0.2, 0.25) is 0 Å². The second-order valence-corrected chi connectivity index (χ2v) is 6.93. The SMILES string of the molecule is CC(C)(C)OC(=O)N1CCCC1c1cccc2c1CC(=O)N2. The van der Waals surface area contributed by atoms with Crippen molar-refractivity contribution < 1.29 is 14.3 Å². The van der Waals surface area contributed by atoms with Gasteiger partial charge in [0, 0.05) is 12.2 Å². The second-order valence-electron chi connectivity index (χ2n) is 6.93. The number of anilines is 1. The van der Waals surface area contributed by atoms with E-state index < -0.39 is 5.60 Å². The summed E-state index contributed by atoms with van der Waals surface area (Å²) in [5.74, 6) is 0.0178. The fourth-order valence-corrected chi connectivity index (χ4v) is 3.22. The summed E-state index contributed by atoms with van der Waals surface area (Å²) in [7, 11) is 0. The minimum atomic E-state index is -0.500. The highest BCUT2D eigenvalue weighted by Gasteiger charge is 2.35. The molecule has 1 N–H and O–H groups in total. The number of hydrogen-bond donors (Lipinski definition) is 1. The number of nitrogens with one attached hydrogen (secondary N) is 1. The quantitative estimate of drug-likeness (QED) is 0.866. The predicted molar refractivity (Wildman–Crippen MR) is 83.7 cm³/mol. The Hall–Kier alpha value is -2.04. The van der Waals surface area contributed by atoms with Gasteiger partial charge in [-0.25, -0.2) is 4.79 Å². The van der Waals surface area contributed by atoms with Gasteiger partial charge in [-0.15, -0.1) is 0 Å². The number of amides is 2. The van der Waals surface area contributed by atoms with Gasteiger partial charge in [0.2, 0.25) is 5.91 Å². The third-order valence-electron chi connectivity index (χ3n) is 4.06. The molecule has 0 spiro atoms. The Morgan fingerprint density at radius 3 is 2.86 bits per heavy atom. The monoisotopic (exact) mass is 302 g/mol. The van der Waals surface area contributed by atoms with E-state index in [0.717, 1.165) is 29.7 Å². The molecule has 2 heterocycles. The fourth-order valence-electron chi connectivity index (χ4n) is 3.22. The molecule has 0 aromatic heterocycles. The number of likely N-dealkylation sites (tertiary alicyclic amines) is 1. The number of ether oxygens (including phenoxy) is 1. The number of rotatable bonds is 1. The minimum absolute atomic E-state index is 0.00231. The van der Waals surface area contributed by atoms with Gasteiger partial charge in [0.1, 0.15) is 5.60 Å². The van der Waals surface area contributed by atoms with E-state index in [1.807, 2.05) is 39.0 Å². The summed E-state index contributed by atoms with van der Waals surface area (Å²) in [6.45, 7) is 6.32. The van der Waals surface area contributed by atoms with Crippen molar-refractivity contribution in [1.82, 2.24) is 4.90 Å². The second kappa shape index (κ2) is 5.30. The zero-order valence-corrected chi connectivity index (χ0v) is 13.3. The van der Waals surface area contributed by atoms with Crippen molar-refractivity contribution in [1.29, 1.82) is 0 Å². The molecule has 118 valence electrons. The lowest BCUT2D eigenvalue weighted by molar-refractivity contribution is -0.115. The largest absolute Gasteiger partial charge is 0.444 e. The summed E-state index contributed by atoms with van der Waals surface area (Å²) in [5, 5.41) is 2.87. The van der Waals surface area contributed by atoms with E-state index in [0.29, 0.717) is 13.0 Å². The van der Waals surface area contributed by atoms with Crippen LogP contribution in [-0.4, -0.2) is 29.0 Å². The third kappa shape index (κ3) is 2.80. The highest BCUT2D eigenvalue weighted by molar-refractivity contribution is 5.99. The van der Waals surface area contributed by atoms with E-state index in [-0.39, 0.29) is 18.0 Å². The van der Waals surface area contributed by atoms with Crippen molar-refractivity contribution >= 4 is 17.7 Å². The summed E-state index contributed by atoms with van der Waals surface area (Å²) in [6, 6.07) is 5.87. The maximum absolute atomic E-state index is 12.4. The molecule has 1 aromatic carbocycles. The van der Waals surface area contributed by atoms with E-state index in [1.54, 1.807) is 4.90 Å². The minimum Gasteiger partial charge on any atom is -0.444 e. The molecule has 5 nitrogen and oxygen atoms in total. The molecule has 1 aromatic rings. The number of hydrogen-bond acceptors (Lipinski definition) is 3. The Bertz CT molecular complexity index is 619. The first-order valence-electron chi connectivity index (χ1n) is 7.76. The summed E-state index contributed by atoms with van der Waals surface area (Å²) in [6.07, 6.45) is 1.98. The Kier molecular flexibility index (Phi) is 3.59. The molecule has 1 saturated heterocycles. The predicted octanol–water partition coefficient (Wildman–Crippen LogP) is 3.25. The zero-order valence-electron chi connectivity index (χ0n) is 13.3. The highest BCUT2D eigenvalue weighted by atomic mass is 16.6. The summed E-state index contributed by atoms with van der Waals surface area (Å²) < 4.78 is 5.52. The van der Waals surface area contributed by atoms with Gasteiger partial charge in [-0.2, -0.15) is 0 Å². The Morgan fingerprint density at radius 1 is 1.36 bits per heavy atom. The van der Waals surface area contributed by atoms with Gasteiger partial charge in [0.25, 0.3) is 0 Å². The van der Waals surface area contributed by atoms with Crippen LogP contribution in [0, 0.1) is 0 Å². The van der Waals surface area contributed by atoms with E-state index >= 15 is 0 Å². The summed E-state index contributed by atoms with van der Waals surface area (Å²) >= 11 is 0. The number of carbonyl (C=O) groups is 2. The van der Waals surface area contributed by atoms with Crippen molar-refractivity contribution in [3.63, 3.8) is 0 Å². The van der Waals surface area contributed by atoms with Crippen LogP contribution in [-0.2, 0) is 16.0 Å². The van der Waals surface area contributed by atoms with Crippen molar-refractivity contribution in [2.45, 2.75) is 51.7 Å². The molecule has 1 fully saturated rings. The van der Waals surface area contributed by atoms with Gasteiger partial charge in [0.05, 0.1) is 12.5 Å². The molecular weight excluding hydrogens is 280 g/mol. The fraction of sp³-hybridized carbons (Fsp3) is 0.529. The van der Waals surface area contributed by atoms with Crippen LogP contribution < -0.4 is 5.32 Å². The molecule has 2 aliphatic heterocycles. The average molecular weight is 302 g/mol. The van der Waals surface area contributed by atoms with E-state index in [9.17, 15) is 9.59 Å². The third-order valence-corrected chi connectivity index (χ3v) is 4.06. The topological polar surface area (TPSA) is 58.6 Å². The molecule has 2 aliphatic rings. The molecule has 0 bridgehead atoms. The van der Waals surface area contributed by atoms with Crippen LogP contribution in [0.1, 0.15) is 50.8 Å². The van der Waals surface area contributed by atoms with Crippen LogP contribution in [0.3, 0.4) is 0 Å². The molecule has 22 heavy (non-hydrogen) atoms. The maximum Gasteiger partial charge on any atom is 0.410 e. The van der Waals surface area contributed by atoms with Gasteiger partial charge >= 0.3 is 6.09 Å². The lowest BCUT2D eigenvalue weighted by atomic mass is 9.96. The first kappa shape index (κ1) is 14.9. The molecule has 1 unspecified atom stereocenters. The highest BCUT2D eigenvalue weighted by Crippen LogP contribution is 2.38. The normalized spacial score (nSPS) is 20.8. The first-order valence-corrected chi connectivity index (χ1v) is 7.76. The maximum atomic E-state index is 12.4. The molecule has 0 aliphatic carbocycles. The van der Waals surface area contributed by atoms with Gasteiger partial charge in [-0.1, -0.05) is 12.1 Å². The number of carbonyl (C=O) groups excluding carboxylic acids is 2. The van der Waals surface area contributed by atoms with E-state index in [2.05, 4.69) is 5.32 Å². The van der Waals surface area contributed by atoms with Crippen LogP contribution in [0.4, 0.5) is 10.5 Å². The summed E-state index contributed by atoms with van der Waals surface area (Å²) in [4.78, 5) is 25.9. The van der Waals surface area contributed by atoms with Crippen molar-refractivity contribution in [2.24, 2.45) is 0 Å².